The van der Waals surface area contributed by atoms with Crippen molar-refractivity contribution in [3.63, 3.8) is 0 Å². The first-order valence-corrected chi connectivity index (χ1v) is 6.54. The van der Waals surface area contributed by atoms with E-state index < -0.39 is 0 Å². The van der Waals surface area contributed by atoms with Crippen LogP contribution in [0.4, 0.5) is 11.5 Å². The molecule has 5 nitrogen and oxygen atoms in total. The van der Waals surface area contributed by atoms with Crippen molar-refractivity contribution in [1.82, 2.24) is 9.97 Å². The summed E-state index contributed by atoms with van der Waals surface area (Å²) >= 11 is 5.86. The third-order valence-corrected chi connectivity index (χ3v) is 3.38. The Hall–Kier alpha value is -1.36. The Kier molecular flexibility index (Phi) is 3.71. The fraction of sp³-hybridized carbons (Fsp3) is 0.583. The van der Waals surface area contributed by atoms with Crippen LogP contribution in [0.1, 0.15) is 26.7 Å². The first-order chi connectivity index (χ1) is 8.60. The van der Waals surface area contributed by atoms with Crippen LogP contribution in [-0.4, -0.2) is 35.5 Å². The van der Waals surface area contributed by atoms with Gasteiger partial charge in [-0.1, -0.05) is 13.8 Å². The molecule has 0 saturated carbocycles. The minimum absolute atomic E-state index is 0.0874. The molecule has 1 aliphatic heterocycles. The molecule has 0 radical (unpaired) electrons. The number of hydrogen-bond acceptors (Lipinski definition) is 4. The number of likely N-dealkylation sites (N-methyl/N-ethyl adjacent to an activating group) is 1. The summed E-state index contributed by atoms with van der Waals surface area (Å²) in [6.07, 6.45) is 3.32. The molecule has 2 rings (SSSR count). The number of nitrogens with zero attached hydrogens (tertiary/aromatic N) is 4. The summed E-state index contributed by atoms with van der Waals surface area (Å²) in [5.41, 5.74) is 0.725. The van der Waals surface area contributed by atoms with Gasteiger partial charge in [-0.05, 0) is 24.4 Å². The van der Waals surface area contributed by atoms with E-state index in [2.05, 4.69) is 16.9 Å². The van der Waals surface area contributed by atoms with Gasteiger partial charge in [-0.15, -0.1) is 0 Å². The van der Waals surface area contributed by atoms with Crippen molar-refractivity contribution in [2.75, 3.05) is 23.4 Å². The highest BCUT2D eigenvalue weighted by Crippen LogP contribution is 2.34. The Bertz CT molecular complexity index is 465. The van der Waals surface area contributed by atoms with Crippen LogP contribution in [0.5, 0.6) is 0 Å². The number of anilines is 2. The summed E-state index contributed by atoms with van der Waals surface area (Å²) < 4.78 is 0. The minimum Gasteiger partial charge on any atom is -0.343 e. The highest BCUT2D eigenvalue weighted by atomic mass is 35.5. The summed E-state index contributed by atoms with van der Waals surface area (Å²) in [6.45, 7) is 4.88. The Balaban J connectivity index is 2.53. The van der Waals surface area contributed by atoms with Gasteiger partial charge < -0.3 is 9.80 Å². The molecule has 0 N–H and O–H groups in total. The third kappa shape index (κ3) is 2.03. The predicted octanol–water partition coefficient (Wildman–Crippen LogP) is 2.10. The topological polar surface area (TPSA) is 49.3 Å². The first-order valence-electron chi connectivity index (χ1n) is 6.16. The van der Waals surface area contributed by atoms with Gasteiger partial charge in [-0.3, -0.25) is 4.79 Å². The average Bonchev–Trinajstić information content (AvgIpc) is 2.36. The molecule has 2 heterocycles. The van der Waals surface area contributed by atoms with E-state index in [-0.39, 0.29) is 17.2 Å². The van der Waals surface area contributed by atoms with Crippen molar-refractivity contribution in [3.05, 3.63) is 11.5 Å². The van der Waals surface area contributed by atoms with E-state index in [0.29, 0.717) is 0 Å². The van der Waals surface area contributed by atoms with Gasteiger partial charge in [0.1, 0.15) is 11.7 Å². The summed E-state index contributed by atoms with van der Waals surface area (Å²) in [6, 6.07) is -0.159. The second-order valence-corrected chi connectivity index (χ2v) is 4.70. The lowest BCUT2D eigenvalue weighted by Crippen LogP contribution is -2.52. The average molecular weight is 269 g/mol. The zero-order chi connectivity index (χ0) is 13.3. The van der Waals surface area contributed by atoms with Crippen LogP contribution < -0.4 is 9.80 Å². The maximum absolute atomic E-state index is 12.3. The highest BCUT2D eigenvalue weighted by molar-refractivity contribution is 6.28. The highest BCUT2D eigenvalue weighted by Gasteiger charge is 2.36. The molecule has 1 atom stereocenters. The van der Waals surface area contributed by atoms with Crippen molar-refractivity contribution in [3.8, 4) is 0 Å². The van der Waals surface area contributed by atoms with Crippen LogP contribution in [0.15, 0.2) is 6.20 Å². The summed E-state index contributed by atoms with van der Waals surface area (Å²) in [5.74, 6) is 0.843. The van der Waals surface area contributed by atoms with Gasteiger partial charge in [0.15, 0.2) is 5.82 Å². The first kappa shape index (κ1) is 13.1. The van der Waals surface area contributed by atoms with E-state index in [9.17, 15) is 4.79 Å². The van der Waals surface area contributed by atoms with Crippen LogP contribution >= 0.6 is 11.6 Å². The minimum atomic E-state index is -0.159. The van der Waals surface area contributed by atoms with Crippen molar-refractivity contribution in [2.24, 2.45) is 0 Å². The molecular weight excluding hydrogens is 252 g/mol. The van der Waals surface area contributed by atoms with E-state index in [1.165, 1.54) is 0 Å². The van der Waals surface area contributed by atoms with Gasteiger partial charge in [-0.2, -0.15) is 4.98 Å². The Morgan fingerprint density at radius 3 is 2.78 bits per heavy atom. The molecule has 6 heteroatoms. The molecule has 0 saturated heterocycles. The number of fused-ring (bicyclic) bond motifs is 1. The lowest BCUT2D eigenvalue weighted by atomic mass is 10.1. The number of amides is 1. The fourth-order valence-corrected chi connectivity index (χ4v) is 2.44. The van der Waals surface area contributed by atoms with Gasteiger partial charge in [0.25, 0.3) is 0 Å². The maximum Gasteiger partial charge on any atom is 0.249 e. The van der Waals surface area contributed by atoms with E-state index in [0.717, 1.165) is 30.9 Å². The Labute approximate surface area is 112 Å². The van der Waals surface area contributed by atoms with Crippen LogP contribution in [0, 0.1) is 0 Å². The predicted molar refractivity (Wildman–Crippen MR) is 72.2 cm³/mol. The molecule has 0 spiro atoms. The molecule has 98 valence electrons. The number of halogens is 1. The third-order valence-electron chi connectivity index (χ3n) is 3.20. The molecule has 18 heavy (non-hydrogen) atoms. The molecule has 1 aliphatic rings. The monoisotopic (exact) mass is 268 g/mol. The second-order valence-electron chi connectivity index (χ2n) is 4.36. The smallest absolute Gasteiger partial charge is 0.249 e. The van der Waals surface area contributed by atoms with Crippen LogP contribution in [0.2, 0.25) is 5.28 Å². The normalized spacial score (nSPS) is 19.1. The largest absolute Gasteiger partial charge is 0.343 e. The van der Waals surface area contributed by atoms with Gasteiger partial charge in [0.2, 0.25) is 11.2 Å². The van der Waals surface area contributed by atoms with Gasteiger partial charge in [0, 0.05) is 13.6 Å². The van der Waals surface area contributed by atoms with Crippen molar-refractivity contribution in [2.45, 2.75) is 32.7 Å². The molecule has 0 bridgehead atoms. The van der Waals surface area contributed by atoms with Crippen molar-refractivity contribution in [1.29, 1.82) is 0 Å². The number of rotatable bonds is 3. The standard InChI is InChI=1S/C12H17ClN4O/c1-4-6-17-8(5-2)11(18)16(3)9-7-14-12(13)15-10(9)17/h7-8H,4-6H2,1-3H3/t8-/m1/s1. The summed E-state index contributed by atoms with van der Waals surface area (Å²) in [4.78, 5) is 24.2. The van der Waals surface area contributed by atoms with Crippen LogP contribution in [0.3, 0.4) is 0 Å². The van der Waals surface area contributed by atoms with Gasteiger partial charge >= 0.3 is 0 Å². The number of carbonyl (C=O) groups excluding carboxylic acids is 1. The zero-order valence-corrected chi connectivity index (χ0v) is 11.6. The van der Waals surface area contributed by atoms with Crippen LogP contribution in [-0.2, 0) is 4.79 Å². The molecule has 0 aliphatic carbocycles. The number of carbonyl (C=O) groups is 1. The molecule has 1 amide bonds. The fourth-order valence-electron chi connectivity index (χ4n) is 2.31. The lowest BCUT2D eigenvalue weighted by molar-refractivity contribution is -0.120. The quantitative estimate of drug-likeness (QED) is 0.788. The maximum atomic E-state index is 12.3. The van der Waals surface area contributed by atoms with Crippen molar-refractivity contribution < 1.29 is 4.79 Å². The Morgan fingerprint density at radius 2 is 2.17 bits per heavy atom. The second kappa shape index (κ2) is 5.10. The van der Waals surface area contributed by atoms with E-state index in [1.807, 2.05) is 11.8 Å². The van der Waals surface area contributed by atoms with Gasteiger partial charge in [-0.25, -0.2) is 4.98 Å². The van der Waals surface area contributed by atoms with E-state index >= 15 is 0 Å². The molecular formula is C12H17ClN4O. The van der Waals surface area contributed by atoms with Crippen molar-refractivity contribution >= 4 is 29.0 Å². The number of aromatic nitrogens is 2. The van der Waals surface area contributed by atoms with E-state index in [1.54, 1.807) is 18.1 Å². The molecule has 1 aromatic rings. The molecule has 0 aromatic carbocycles. The lowest BCUT2D eigenvalue weighted by Gasteiger charge is -2.40. The Morgan fingerprint density at radius 1 is 1.44 bits per heavy atom. The van der Waals surface area contributed by atoms with Gasteiger partial charge in [0.05, 0.1) is 6.20 Å². The van der Waals surface area contributed by atoms with E-state index in [4.69, 9.17) is 11.6 Å². The van der Waals surface area contributed by atoms with Crippen LogP contribution in [0.25, 0.3) is 0 Å². The summed E-state index contributed by atoms with van der Waals surface area (Å²) in [5, 5.41) is 0.215. The zero-order valence-electron chi connectivity index (χ0n) is 10.9. The SMILES string of the molecule is CCCN1c2nc(Cl)ncc2N(C)C(=O)[C@H]1CC. The molecule has 1 aromatic heterocycles. The molecule has 0 fully saturated rings. The number of hydrogen-bond donors (Lipinski definition) is 0. The molecule has 0 unspecified atom stereocenters. The summed E-state index contributed by atoms with van der Waals surface area (Å²) in [7, 11) is 1.75.